The van der Waals surface area contributed by atoms with Crippen molar-refractivity contribution in [1.82, 2.24) is 5.32 Å². The van der Waals surface area contributed by atoms with Gasteiger partial charge in [-0.2, -0.15) is 0 Å². The third-order valence-electron chi connectivity index (χ3n) is 1.89. The summed E-state index contributed by atoms with van der Waals surface area (Å²) in [4.78, 5) is 0.945. The van der Waals surface area contributed by atoms with Gasteiger partial charge in [-0.1, -0.05) is 25.4 Å². The summed E-state index contributed by atoms with van der Waals surface area (Å²) < 4.78 is 0.732. The van der Waals surface area contributed by atoms with Crippen LogP contribution < -0.4 is 5.32 Å². The minimum atomic E-state index is -0.390. The Kier molecular flexibility index (Phi) is 4.89. The van der Waals surface area contributed by atoms with Gasteiger partial charge in [0, 0.05) is 10.9 Å². The summed E-state index contributed by atoms with van der Waals surface area (Å²) in [6.45, 7) is 5.01. The number of halogens is 1. The Hall–Kier alpha value is -0.0900. The average molecular weight is 234 g/mol. The van der Waals surface area contributed by atoms with E-state index < -0.39 is 6.10 Å². The predicted octanol–water partition coefficient (Wildman–Crippen LogP) is 2.82. The molecule has 0 aliphatic carbocycles. The first kappa shape index (κ1) is 12.0. The van der Waals surface area contributed by atoms with Crippen LogP contribution in [0.15, 0.2) is 12.1 Å². The Morgan fingerprint density at radius 3 is 2.71 bits per heavy atom. The maximum atomic E-state index is 9.76. The number of rotatable bonds is 5. The van der Waals surface area contributed by atoms with Crippen molar-refractivity contribution >= 4 is 22.9 Å². The lowest BCUT2D eigenvalue weighted by molar-refractivity contribution is 0.169. The molecule has 1 aromatic rings. The van der Waals surface area contributed by atoms with Crippen LogP contribution in [-0.4, -0.2) is 17.7 Å². The Morgan fingerprint density at radius 1 is 1.50 bits per heavy atom. The number of thiophene rings is 1. The second-order valence-corrected chi connectivity index (χ2v) is 5.30. The Bertz CT molecular complexity index is 275. The van der Waals surface area contributed by atoms with Crippen molar-refractivity contribution in [2.45, 2.75) is 32.4 Å². The molecule has 80 valence electrons. The molecule has 1 unspecified atom stereocenters. The van der Waals surface area contributed by atoms with Crippen molar-refractivity contribution in [3.8, 4) is 0 Å². The van der Waals surface area contributed by atoms with Gasteiger partial charge in [0.15, 0.2) is 0 Å². The normalized spacial score (nSPS) is 13.5. The van der Waals surface area contributed by atoms with E-state index in [0.29, 0.717) is 6.04 Å². The largest absolute Gasteiger partial charge is 0.388 e. The summed E-state index contributed by atoms with van der Waals surface area (Å²) in [5.41, 5.74) is 0. The molecule has 0 saturated heterocycles. The summed E-state index contributed by atoms with van der Waals surface area (Å²) in [5, 5.41) is 13.0. The van der Waals surface area contributed by atoms with E-state index in [2.05, 4.69) is 19.2 Å². The lowest BCUT2D eigenvalue weighted by Crippen LogP contribution is -2.24. The molecule has 2 N–H and O–H groups in total. The molecule has 0 bridgehead atoms. The van der Waals surface area contributed by atoms with Gasteiger partial charge in [-0.25, -0.2) is 0 Å². The first-order valence-electron chi connectivity index (χ1n) is 4.76. The van der Waals surface area contributed by atoms with Crippen molar-refractivity contribution in [2.75, 3.05) is 6.54 Å². The zero-order chi connectivity index (χ0) is 10.6. The molecule has 0 radical (unpaired) electrons. The van der Waals surface area contributed by atoms with Crippen LogP contribution in [0.25, 0.3) is 0 Å². The molecule has 0 aliphatic rings. The molecule has 2 nitrogen and oxygen atoms in total. The van der Waals surface area contributed by atoms with Gasteiger partial charge in [0.25, 0.3) is 0 Å². The second kappa shape index (κ2) is 5.71. The molecular formula is C10H16ClNOS. The van der Waals surface area contributed by atoms with Gasteiger partial charge in [0.2, 0.25) is 0 Å². The van der Waals surface area contributed by atoms with Crippen LogP contribution in [0.3, 0.4) is 0 Å². The lowest BCUT2D eigenvalue weighted by atomic mass is 10.2. The fourth-order valence-corrected chi connectivity index (χ4v) is 2.24. The fourth-order valence-electron chi connectivity index (χ4n) is 1.16. The topological polar surface area (TPSA) is 32.3 Å². The number of hydrogen-bond acceptors (Lipinski definition) is 3. The molecule has 0 saturated carbocycles. The lowest BCUT2D eigenvalue weighted by Gasteiger charge is -2.11. The summed E-state index contributed by atoms with van der Waals surface area (Å²) >= 11 is 7.22. The molecule has 0 aromatic carbocycles. The molecule has 1 rings (SSSR count). The Balaban J connectivity index is 2.32. The third kappa shape index (κ3) is 3.96. The summed E-state index contributed by atoms with van der Waals surface area (Å²) in [6.07, 6.45) is 0.341. The van der Waals surface area contributed by atoms with Gasteiger partial charge in [-0.3, -0.25) is 0 Å². The zero-order valence-electron chi connectivity index (χ0n) is 8.46. The van der Waals surface area contributed by atoms with Crippen LogP contribution in [0.5, 0.6) is 0 Å². The molecular weight excluding hydrogens is 218 g/mol. The first-order chi connectivity index (χ1) is 6.59. The average Bonchev–Trinajstić information content (AvgIpc) is 2.51. The standard InChI is InChI=1S/C10H16ClNOS/c1-7(2)12-6-5-8(13)9-3-4-10(11)14-9/h3-4,7-8,12-13H,5-6H2,1-2H3. The van der Waals surface area contributed by atoms with Crippen molar-refractivity contribution in [2.24, 2.45) is 0 Å². The van der Waals surface area contributed by atoms with Gasteiger partial charge < -0.3 is 10.4 Å². The van der Waals surface area contributed by atoms with Gasteiger partial charge in [-0.05, 0) is 25.1 Å². The van der Waals surface area contributed by atoms with Crippen molar-refractivity contribution < 1.29 is 5.11 Å². The molecule has 0 spiro atoms. The summed E-state index contributed by atoms with van der Waals surface area (Å²) in [6, 6.07) is 4.17. The maximum Gasteiger partial charge on any atom is 0.0932 e. The smallest absolute Gasteiger partial charge is 0.0932 e. The highest BCUT2D eigenvalue weighted by molar-refractivity contribution is 7.16. The summed E-state index contributed by atoms with van der Waals surface area (Å²) in [5.74, 6) is 0. The van der Waals surface area contributed by atoms with E-state index >= 15 is 0 Å². The molecule has 0 amide bonds. The number of aliphatic hydroxyl groups excluding tert-OH is 1. The Morgan fingerprint density at radius 2 is 2.21 bits per heavy atom. The summed E-state index contributed by atoms with van der Waals surface area (Å²) in [7, 11) is 0. The van der Waals surface area contributed by atoms with Crippen molar-refractivity contribution in [3.05, 3.63) is 21.3 Å². The van der Waals surface area contributed by atoms with Crippen LogP contribution >= 0.6 is 22.9 Å². The van der Waals surface area contributed by atoms with Crippen LogP contribution in [-0.2, 0) is 0 Å². The van der Waals surface area contributed by atoms with E-state index in [4.69, 9.17) is 11.6 Å². The second-order valence-electron chi connectivity index (χ2n) is 3.56. The van der Waals surface area contributed by atoms with E-state index in [9.17, 15) is 5.11 Å². The van der Waals surface area contributed by atoms with Crippen LogP contribution in [0.1, 0.15) is 31.2 Å². The fraction of sp³-hybridized carbons (Fsp3) is 0.600. The van der Waals surface area contributed by atoms with Gasteiger partial charge in [0.1, 0.15) is 0 Å². The number of nitrogens with one attached hydrogen (secondary N) is 1. The SMILES string of the molecule is CC(C)NCCC(O)c1ccc(Cl)s1. The Labute approximate surface area is 93.9 Å². The van der Waals surface area contributed by atoms with Gasteiger partial charge in [0.05, 0.1) is 10.4 Å². The minimum Gasteiger partial charge on any atom is -0.388 e. The third-order valence-corrected chi connectivity index (χ3v) is 3.23. The maximum absolute atomic E-state index is 9.76. The number of aliphatic hydroxyl groups is 1. The van der Waals surface area contributed by atoms with Crippen LogP contribution in [0, 0.1) is 0 Å². The minimum absolute atomic E-state index is 0.390. The highest BCUT2D eigenvalue weighted by atomic mass is 35.5. The molecule has 0 aliphatic heterocycles. The highest BCUT2D eigenvalue weighted by Crippen LogP contribution is 2.28. The van der Waals surface area contributed by atoms with Crippen LogP contribution in [0.2, 0.25) is 4.34 Å². The molecule has 1 aromatic heterocycles. The predicted molar refractivity (Wildman–Crippen MR) is 62.0 cm³/mol. The highest BCUT2D eigenvalue weighted by Gasteiger charge is 2.09. The molecule has 1 atom stereocenters. The molecule has 4 heteroatoms. The van der Waals surface area contributed by atoms with E-state index in [0.717, 1.165) is 22.2 Å². The van der Waals surface area contributed by atoms with Crippen LogP contribution in [0.4, 0.5) is 0 Å². The molecule has 0 fully saturated rings. The van der Waals surface area contributed by atoms with Crippen molar-refractivity contribution in [1.29, 1.82) is 0 Å². The number of hydrogen-bond donors (Lipinski definition) is 2. The van der Waals surface area contributed by atoms with E-state index in [1.54, 1.807) is 0 Å². The van der Waals surface area contributed by atoms with E-state index in [-0.39, 0.29) is 0 Å². The van der Waals surface area contributed by atoms with Gasteiger partial charge >= 0.3 is 0 Å². The quantitative estimate of drug-likeness (QED) is 0.820. The van der Waals surface area contributed by atoms with E-state index in [1.165, 1.54) is 11.3 Å². The monoisotopic (exact) mass is 233 g/mol. The molecule has 1 heterocycles. The van der Waals surface area contributed by atoms with Crippen molar-refractivity contribution in [3.63, 3.8) is 0 Å². The van der Waals surface area contributed by atoms with Gasteiger partial charge in [-0.15, -0.1) is 11.3 Å². The first-order valence-corrected chi connectivity index (χ1v) is 5.95. The zero-order valence-corrected chi connectivity index (χ0v) is 10.0. The van der Waals surface area contributed by atoms with E-state index in [1.807, 2.05) is 12.1 Å². The molecule has 14 heavy (non-hydrogen) atoms.